The minimum absolute atomic E-state index is 0.551. The molecule has 1 atom stereocenters. The third kappa shape index (κ3) is 4.56. The summed E-state index contributed by atoms with van der Waals surface area (Å²) in [6, 6.07) is 40.9. The molecule has 0 spiro atoms. The van der Waals surface area contributed by atoms with Crippen molar-refractivity contribution in [2.75, 3.05) is 0 Å². The number of benzene rings is 4. The predicted molar refractivity (Wildman–Crippen MR) is 129 cm³/mol. The van der Waals surface area contributed by atoms with Crippen molar-refractivity contribution in [3.63, 3.8) is 0 Å². The quantitative estimate of drug-likeness (QED) is 0.315. The largest absolute Gasteiger partial charge is 0.452 e. The Hall–Kier alpha value is -4.16. The van der Waals surface area contributed by atoms with Crippen molar-refractivity contribution in [1.82, 2.24) is 0 Å². The molecule has 3 nitrogen and oxygen atoms in total. The van der Waals surface area contributed by atoms with Crippen molar-refractivity contribution in [3.8, 4) is 6.07 Å². The van der Waals surface area contributed by atoms with Gasteiger partial charge in [0.2, 0.25) is 0 Å². The first-order chi connectivity index (χ1) is 16.1. The highest BCUT2D eigenvalue weighted by Crippen LogP contribution is 2.40. The zero-order valence-corrected chi connectivity index (χ0v) is 18.5. The molecule has 0 bridgehead atoms. The molecular formula is C30H25NO2. The molecular weight excluding hydrogens is 406 g/mol. The van der Waals surface area contributed by atoms with Crippen LogP contribution in [0, 0.1) is 17.2 Å². The molecule has 0 aliphatic heterocycles. The van der Waals surface area contributed by atoms with Crippen molar-refractivity contribution < 1.29 is 9.53 Å². The zero-order valence-electron chi connectivity index (χ0n) is 18.5. The minimum atomic E-state index is -1.04. The summed E-state index contributed by atoms with van der Waals surface area (Å²) < 4.78 is 6.10. The molecule has 0 heterocycles. The molecule has 4 rings (SSSR count). The van der Waals surface area contributed by atoms with E-state index in [9.17, 15) is 10.1 Å². The van der Waals surface area contributed by atoms with Crippen molar-refractivity contribution in [2.24, 2.45) is 5.92 Å². The molecule has 0 amide bonds. The highest BCUT2D eigenvalue weighted by molar-refractivity contribution is 5.79. The molecule has 0 saturated carbocycles. The van der Waals surface area contributed by atoms with Gasteiger partial charge < -0.3 is 4.74 Å². The number of carbonyl (C=O) groups is 1. The molecule has 1 unspecified atom stereocenters. The summed E-state index contributed by atoms with van der Waals surface area (Å²) >= 11 is 0. The molecule has 4 aromatic carbocycles. The zero-order chi connectivity index (χ0) is 23.1. The fourth-order valence-electron chi connectivity index (χ4n) is 4.25. The van der Waals surface area contributed by atoms with Gasteiger partial charge in [-0.15, -0.1) is 0 Å². The van der Waals surface area contributed by atoms with Gasteiger partial charge in [-0.05, 0) is 29.2 Å². The van der Waals surface area contributed by atoms with Crippen LogP contribution in [0.5, 0.6) is 0 Å². The van der Waals surface area contributed by atoms with Crippen LogP contribution in [0.4, 0.5) is 0 Å². The molecule has 0 aliphatic rings. The molecule has 0 fully saturated rings. The lowest BCUT2D eigenvalue weighted by Gasteiger charge is -2.34. The van der Waals surface area contributed by atoms with Gasteiger partial charge in [0.15, 0.2) is 12.0 Å². The summed E-state index contributed by atoms with van der Waals surface area (Å²) in [7, 11) is 0. The van der Waals surface area contributed by atoms with Gasteiger partial charge in [0.1, 0.15) is 0 Å². The van der Waals surface area contributed by atoms with Gasteiger partial charge in [-0.1, -0.05) is 121 Å². The van der Waals surface area contributed by atoms with Crippen LogP contribution in [0.15, 0.2) is 121 Å². The summed E-state index contributed by atoms with van der Waals surface area (Å²) in [4.78, 5) is 13.7. The Morgan fingerprint density at radius 3 is 1.42 bits per heavy atom. The van der Waals surface area contributed by atoms with Crippen LogP contribution in [-0.2, 0) is 14.9 Å². The summed E-state index contributed by atoms with van der Waals surface area (Å²) in [5, 5.41) is 10.3. The van der Waals surface area contributed by atoms with Gasteiger partial charge in [-0.25, -0.2) is 0 Å². The molecule has 162 valence electrons. The molecule has 33 heavy (non-hydrogen) atoms. The van der Waals surface area contributed by atoms with E-state index in [0.29, 0.717) is 0 Å². The number of nitrogens with zero attached hydrogens (tertiary/aromatic N) is 1. The Kier molecular flexibility index (Phi) is 6.66. The van der Waals surface area contributed by atoms with Crippen molar-refractivity contribution >= 4 is 5.97 Å². The molecule has 0 saturated heterocycles. The molecule has 3 heteroatoms. The summed E-state index contributed by atoms with van der Waals surface area (Å²) in [6.45, 7) is 1.94. The number of hydrogen-bond donors (Lipinski definition) is 0. The maximum atomic E-state index is 13.7. The Labute approximate surface area is 194 Å². The van der Waals surface area contributed by atoms with Crippen molar-refractivity contribution in [1.29, 1.82) is 5.26 Å². The number of ether oxygens (including phenoxy) is 1. The van der Waals surface area contributed by atoms with E-state index in [-0.39, 0.29) is 0 Å². The number of carbonyl (C=O) groups excluding carboxylic acids is 1. The van der Waals surface area contributed by atoms with E-state index in [1.165, 1.54) is 0 Å². The number of esters is 1. The third-order valence-electron chi connectivity index (χ3n) is 6.13. The normalized spacial score (nSPS) is 12.0. The first kappa shape index (κ1) is 22.0. The topological polar surface area (TPSA) is 50.1 Å². The fourth-order valence-corrected chi connectivity index (χ4v) is 4.25. The second-order valence-corrected chi connectivity index (χ2v) is 8.13. The summed E-state index contributed by atoms with van der Waals surface area (Å²) in [5.41, 5.74) is 2.60. The molecule has 0 radical (unpaired) electrons. The second kappa shape index (κ2) is 9.97. The lowest BCUT2D eigenvalue weighted by Crippen LogP contribution is -2.39. The third-order valence-corrected chi connectivity index (χ3v) is 6.13. The van der Waals surface area contributed by atoms with Crippen LogP contribution in [0.1, 0.15) is 35.3 Å². The van der Waals surface area contributed by atoms with Gasteiger partial charge >= 0.3 is 5.97 Å². The van der Waals surface area contributed by atoms with Gasteiger partial charge in [-0.2, -0.15) is 5.26 Å². The van der Waals surface area contributed by atoms with Crippen LogP contribution < -0.4 is 0 Å². The van der Waals surface area contributed by atoms with Crippen LogP contribution in [0.2, 0.25) is 0 Å². The van der Waals surface area contributed by atoms with Gasteiger partial charge in [0.25, 0.3) is 0 Å². The monoisotopic (exact) mass is 431 g/mol. The lowest BCUT2D eigenvalue weighted by molar-refractivity contribution is -0.152. The first-order valence-electron chi connectivity index (χ1n) is 11.0. The van der Waals surface area contributed by atoms with E-state index in [1.807, 2.05) is 128 Å². The molecule has 4 aromatic rings. The second-order valence-electron chi connectivity index (χ2n) is 8.13. The van der Waals surface area contributed by atoms with E-state index in [2.05, 4.69) is 6.07 Å². The molecule has 0 N–H and O–H groups in total. The number of hydrogen-bond acceptors (Lipinski definition) is 3. The fraction of sp³-hybridized carbons (Fsp3) is 0.133. The van der Waals surface area contributed by atoms with Gasteiger partial charge in [-0.3, -0.25) is 4.79 Å². The summed E-state index contributed by atoms with van der Waals surface area (Å²) in [5.74, 6) is -1.59. The Bertz CT molecular complexity index is 1140. The molecule has 0 aliphatic carbocycles. The first-order valence-corrected chi connectivity index (χ1v) is 11.0. The highest BCUT2D eigenvalue weighted by atomic mass is 16.5. The van der Waals surface area contributed by atoms with E-state index in [0.717, 1.165) is 22.3 Å². The lowest BCUT2D eigenvalue weighted by atomic mass is 9.67. The predicted octanol–water partition coefficient (Wildman–Crippen LogP) is 6.47. The van der Waals surface area contributed by atoms with Crippen LogP contribution in [-0.4, -0.2) is 5.97 Å². The Morgan fingerprint density at radius 1 is 0.697 bits per heavy atom. The van der Waals surface area contributed by atoms with E-state index < -0.39 is 23.4 Å². The number of rotatable bonds is 7. The van der Waals surface area contributed by atoms with Crippen molar-refractivity contribution in [2.45, 2.75) is 18.4 Å². The van der Waals surface area contributed by atoms with Crippen molar-refractivity contribution in [3.05, 3.63) is 144 Å². The standard InChI is InChI=1S/C30H25NO2/c1-30(25-18-10-4-11-19-25,26-20-12-5-13-21-26)27(22-31)29(32)33-28(23-14-6-2-7-15-23)24-16-8-3-9-17-24/h2-21,27-28H,1H3. The highest BCUT2D eigenvalue weighted by Gasteiger charge is 2.44. The molecule has 0 aromatic heterocycles. The van der Waals surface area contributed by atoms with Crippen LogP contribution >= 0.6 is 0 Å². The maximum absolute atomic E-state index is 13.7. The SMILES string of the molecule is CC(c1ccccc1)(c1ccccc1)C(C#N)C(=O)OC(c1ccccc1)c1ccccc1. The Morgan fingerprint density at radius 2 is 1.06 bits per heavy atom. The average molecular weight is 432 g/mol. The van der Waals surface area contributed by atoms with Gasteiger partial charge in [0, 0.05) is 5.41 Å². The summed E-state index contributed by atoms with van der Waals surface area (Å²) in [6.07, 6.45) is -0.605. The number of nitriles is 1. The average Bonchev–Trinajstić information content (AvgIpc) is 2.89. The maximum Gasteiger partial charge on any atom is 0.325 e. The van der Waals surface area contributed by atoms with E-state index in [1.54, 1.807) is 0 Å². The smallest absolute Gasteiger partial charge is 0.325 e. The van der Waals surface area contributed by atoms with E-state index in [4.69, 9.17) is 4.74 Å². The Balaban J connectivity index is 1.76. The van der Waals surface area contributed by atoms with E-state index >= 15 is 0 Å². The van der Waals surface area contributed by atoms with Crippen LogP contribution in [0.3, 0.4) is 0 Å². The van der Waals surface area contributed by atoms with Crippen LogP contribution in [0.25, 0.3) is 0 Å². The minimum Gasteiger partial charge on any atom is -0.452 e. The van der Waals surface area contributed by atoms with Gasteiger partial charge in [0.05, 0.1) is 6.07 Å².